The van der Waals surface area contributed by atoms with E-state index >= 15 is 0 Å². The quantitative estimate of drug-likeness (QED) is 0.778. The molecule has 0 aliphatic heterocycles. The highest BCUT2D eigenvalue weighted by Crippen LogP contribution is 2.25. The van der Waals surface area contributed by atoms with Crippen LogP contribution in [0.5, 0.6) is 5.75 Å². The van der Waals surface area contributed by atoms with Gasteiger partial charge in [0, 0.05) is 21.6 Å². The van der Waals surface area contributed by atoms with Gasteiger partial charge in [0.05, 0.1) is 0 Å². The predicted molar refractivity (Wildman–Crippen MR) is 92.1 cm³/mol. The van der Waals surface area contributed by atoms with E-state index in [-0.39, 0.29) is 0 Å². The molecule has 0 atom stereocenters. The second kappa shape index (κ2) is 7.83. The Morgan fingerprint density at radius 2 is 1.95 bits per heavy atom. The Labute approximate surface area is 139 Å². The monoisotopic (exact) mass is 367 g/mol. The summed E-state index contributed by atoms with van der Waals surface area (Å²) in [6.07, 6.45) is 0.901. The van der Waals surface area contributed by atoms with Gasteiger partial charge in [-0.3, -0.25) is 0 Å². The summed E-state index contributed by atoms with van der Waals surface area (Å²) in [6, 6.07) is 12.1. The van der Waals surface area contributed by atoms with Crippen LogP contribution >= 0.6 is 27.5 Å². The fourth-order valence-electron chi connectivity index (χ4n) is 2.09. The molecule has 0 saturated heterocycles. The van der Waals surface area contributed by atoms with Gasteiger partial charge in [-0.15, -0.1) is 0 Å². The van der Waals surface area contributed by atoms with Crippen molar-refractivity contribution >= 4 is 27.5 Å². The summed E-state index contributed by atoms with van der Waals surface area (Å²) >= 11 is 9.72. The average molecular weight is 369 g/mol. The third kappa shape index (κ3) is 4.47. The van der Waals surface area contributed by atoms with Gasteiger partial charge < -0.3 is 10.1 Å². The van der Waals surface area contributed by atoms with Crippen LogP contribution < -0.4 is 10.1 Å². The number of halogens is 2. The smallest absolute Gasteiger partial charge is 0.120 e. The maximum absolute atomic E-state index is 6.12. The highest BCUT2D eigenvalue weighted by Gasteiger charge is 2.05. The minimum absolute atomic E-state index is 0.533. The first-order valence-electron chi connectivity index (χ1n) is 6.97. The Morgan fingerprint density at radius 3 is 2.62 bits per heavy atom. The molecule has 0 saturated carbocycles. The fourth-order valence-corrected chi connectivity index (χ4v) is 2.89. The lowest BCUT2D eigenvalue weighted by molar-refractivity contribution is 0.305. The molecule has 2 rings (SSSR count). The van der Waals surface area contributed by atoms with Crippen LogP contribution in [-0.2, 0) is 19.6 Å². The molecule has 2 nitrogen and oxygen atoms in total. The molecule has 4 heteroatoms. The van der Waals surface area contributed by atoms with Crippen LogP contribution in [0.1, 0.15) is 23.6 Å². The summed E-state index contributed by atoms with van der Waals surface area (Å²) in [4.78, 5) is 0. The third-order valence-corrected chi connectivity index (χ3v) is 4.40. The number of nitrogens with one attached hydrogen (secondary N) is 1. The van der Waals surface area contributed by atoms with Crippen molar-refractivity contribution in [1.82, 2.24) is 5.32 Å². The SMILES string of the molecule is CCc1cc(OCc2ccc(CNC)cc2Br)ccc1Cl. The molecule has 2 aromatic rings. The zero-order valence-electron chi connectivity index (χ0n) is 12.2. The lowest BCUT2D eigenvalue weighted by Crippen LogP contribution is -2.05. The number of benzene rings is 2. The van der Waals surface area contributed by atoms with Crippen LogP contribution in [0.4, 0.5) is 0 Å². The van der Waals surface area contributed by atoms with Crippen LogP contribution in [0.2, 0.25) is 5.02 Å². The highest BCUT2D eigenvalue weighted by molar-refractivity contribution is 9.10. The maximum atomic E-state index is 6.12. The van der Waals surface area contributed by atoms with Crippen LogP contribution in [0.25, 0.3) is 0 Å². The van der Waals surface area contributed by atoms with Crippen molar-refractivity contribution in [3.05, 3.63) is 62.6 Å². The van der Waals surface area contributed by atoms with E-state index in [4.69, 9.17) is 16.3 Å². The third-order valence-electron chi connectivity index (χ3n) is 3.29. The summed E-state index contributed by atoms with van der Waals surface area (Å²) in [5.74, 6) is 0.849. The molecular weight excluding hydrogens is 350 g/mol. The largest absolute Gasteiger partial charge is 0.489 e. The number of rotatable bonds is 6. The average Bonchev–Trinajstić information content (AvgIpc) is 2.48. The van der Waals surface area contributed by atoms with Crippen LogP contribution in [-0.4, -0.2) is 7.05 Å². The molecule has 0 radical (unpaired) electrons. The van der Waals surface area contributed by atoms with E-state index in [0.29, 0.717) is 6.61 Å². The lowest BCUT2D eigenvalue weighted by Gasteiger charge is -2.11. The molecule has 0 amide bonds. The van der Waals surface area contributed by atoms with Crippen molar-refractivity contribution in [2.45, 2.75) is 26.5 Å². The standard InChI is InChI=1S/C17H19BrClNO/c1-3-13-9-15(6-7-17(13)19)21-11-14-5-4-12(10-20-2)8-16(14)18/h4-9,20H,3,10-11H2,1-2H3. The van der Waals surface area contributed by atoms with Gasteiger partial charge in [0.2, 0.25) is 0 Å². The van der Waals surface area contributed by atoms with Crippen molar-refractivity contribution in [2.24, 2.45) is 0 Å². The first kappa shape index (κ1) is 16.3. The van der Waals surface area contributed by atoms with E-state index in [1.165, 1.54) is 5.56 Å². The van der Waals surface area contributed by atoms with E-state index < -0.39 is 0 Å². The fraction of sp³-hybridized carbons (Fsp3) is 0.294. The summed E-state index contributed by atoms with van der Waals surface area (Å²) in [7, 11) is 1.94. The molecule has 112 valence electrons. The van der Waals surface area contributed by atoms with Crippen molar-refractivity contribution in [1.29, 1.82) is 0 Å². The minimum atomic E-state index is 0.533. The zero-order chi connectivity index (χ0) is 15.2. The summed E-state index contributed by atoms with van der Waals surface area (Å²) in [5, 5.41) is 3.94. The molecule has 0 unspecified atom stereocenters. The second-order valence-corrected chi connectivity index (χ2v) is 6.11. The molecule has 0 aliphatic rings. The van der Waals surface area contributed by atoms with Crippen LogP contribution in [0, 0.1) is 0 Å². The van der Waals surface area contributed by atoms with Crippen molar-refractivity contribution in [3.8, 4) is 5.75 Å². The Hall–Kier alpha value is -1.03. The molecule has 2 aromatic carbocycles. The first-order chi connectivity index (χ1) is 10.1. The first-order valence-corrected chi connectivity index (χ1v) is 8.14. The van der Waals surface area contributed by atoms with Gasteiger partial charge in [0.1, 0.15) is 12.4 Å². The predicted octanol–water partition coefficient (Wildman–Crippen LogP) is 4.96. The summed E-state index contributed by atoms with van der Waals surface area (Å²) < 4.78 is 6.94. The normalized spacial score (nSPS) is 10.7. The second-order valence-electron chi connectivity index (χ2n) is 4.85. The van der Waals surface area contributed by atoms with Crippen molar-refractivity contribution < 1.29 is 4.74 Å². The number of hydrogen-bond donors (Lipinski definition) is 1. The van der Waals surface area contributed by atoms with Crippen molar-refractivity contribution in [2.75, 3.05) is 7.05 Å². The highest BCUT2D eigenvalue weighted by atomic mass is 79.9. The van der Waals surface area contributed by atoms with Crippen molar-refractivity contribution in [3.63, 3.8) is 0 Å². The molecule has 1 N–H and O–H groups in total. The van der Waals surface area contributed by atoms with E-state index in [1.54, 1.807) is 0 Å². The topological polar surface area (TPSA) is 21.3 Å². The van der Waals surface area contributed by atoms with Gasteiger partial charge in [-0.1, -0.05) is 46.6 Å². The molecule has 0 bridgehead atoms. The van der Waals surface area contributed by atoms with Gasteiger partial charge in [-0.05, 0) is 48.9 Å². The molecular formula is C17H19BrClNO. The summed E-state index contributed by atoms with van der Waals surface area (Å²) in [6.45, 7) is 3.48. The van der Waals surface area contributed by atoms with E-state index in [0.717, 1.165) is 39.3 Å². The molecule has 0 heterocycles. The van der Waals surface area contributed by atoms with Crippen LogP contribution in [0.15, 0.2) is 40.9 Å². The molecule has 0 spiro atoms. The molecule has 0 aromatic heterocycles. The Balaban J connectivity index is 2.06. The zero-order valence-corrected chi connectivity index (χ0v) is 14.6. The van der Waals surface area contributed by atoms with Gasteiger partial charge >= 0.3 is 0 Å². The Morgan fingerprint density at radius 1 is 1.14 bits per heavy atom. The van der Waals surface area contributed by atoms with E-state index in [9.17, 15) is 0 Å². The molecule has 21 heavy (non-hydrogen) atoms. The van der Waals surface area contributed by atoms with Gasteiger partial charge in [-0.25, -0.2) is 0 Å². The minimum Gasteiger partial charge on any atom is -0.489 e. The van der Waals surface area contributed by atoms with E-state index in [1.807, 2.05) is 25.2 Å². The lowest BCUT2D eigenvalue weighted by atomic mass is 10.1. The molecule has 0 fully saturated rings. The van der Waals surface area contributed by atoms with E-state index in [2.05, 4.69) is 46.4 Å². The van der Waals surface area contributed by atoms with Crippen LogP contribution in [0.3, 0.4) is 0 Å². The van der Waals surface area contributed by atoms with Gasteiger partial charge in [-0.2, -0.15) is 0 Å². The number of hydrogen-bond acceptors (Lipinski definition) is 2. The van der Waals surface area contributed by atoms with Gasteiger partial charge in [0.15, 0.2) is 0 Å². The van der Waals surface area contributed by atoms with Gasteiger partial charge in [0.25, 0.3) is 0 Å². The number of ether oxygens (including phenoxy) is 1. The number of aryl methyl sites for hydroxylation is 1. The maximum Gasteiger partial charge on any atom is 0.120 e. The molecule has 0 aliphatic carbocycles. The Kier molecular flexibility index (Phi) is 6.09. The Bertz CT molecular complexity index is 616. The summed E-state index contributed by atoms with van der Waals surface area (Å²) in [5.41, 5.74) is 3.48.